The van der Waals surface area contributed by atoms with E-state index in [2.05, 4.69) is 29.6 Å². The Morgan fingerprint density at radius 3 is 2.04 bits per heavy atom. The van der Waals surface area contributed by atoms with Crippen molar-refractivity contribution >= 4 is 11.8 Å². The van der Waals surface area contributed by atoms with Crippen LogP contribution in [-0.2, 0) is 22.6 Å². The van der Waals surface area contributed by atoms with Gasteiger partial charge in [0.05, 0.1) is 6.54 Å². The minimum Gasteiger partial charge on any atom is -0.342 e. The minimum absolute atomic E-state index is 0.0319. The minimum atomic E-state index is -0.521. The number of piperazine rings is 1. The molecule has 1 saturated heterocycles. The second kappa shape index (κ2) is 8.09. The van der Waals surface area contributed by atoms with Crippen molar-refractivity contribution in [3.05, 3.63) is 96.1 Å². The molecule has 0 spiro atoms. The zero-order chi connectivity index (χ0) is 19.3. The number of carbonyl (C=O) groups excluding carboxylic acids is 2. The number of nitrogens with one attached hydrogen (secondary N) is 1. The Balaban J connectivity index is 1.46. The number of rotatable bonds is 5. The van der Waals surface area contributed by atoms with Gasteiger partial charge in [0.1, 0.15) is 6.04 Å². The summed E-state index contributed by atoms with van der Waals surface area (Å²) >= 11 is 0. The number of hydrogen-bond donors (Lipinski definition) is 1. The third kappa shape index (κ3) is 4.12. The van der Waals surface area contributed by atoms with Gasteiger partial charge in [0.15, 0.2) is 0 Å². The molecule has 4 nitrogen and oxygen atoms in total. The first-order valence-corrected chi connectivity index (χ1v) is 9.45. The van der Waals surface area contributed by atoms with Gasteiger partial charge in [0.25, 0.3) is 0 Å². The predicted octanol–water partition coefficient (Wildman–Crippen LogP) is 3.42. The van der Waals surface area contributed by atoms with Crippen molar-refractivity contribution in [3.63, 3.8) is 0 Å². The van der Waals surface area contributed by atoms with E-state index in [0.717, 1.165) is 22.3 Å². The molecule has 1 aliphatic rings. The van der Waals surface area contributed by atoms with E-state index in [0.29, 0.717) is 13.0 Å². The molecular weight excluding hydrogens is 348 g/mol. The Morgan fingerprint density at radius 2 is 1.36 bits per heavy atom. The molecule has 0 saturated carbocycles. The van der Waals surface area contributed by atoms with Gasteiger partial charge in [-0.2, -0.15) is 0 Å². The highest BCUT2D eigenvalue weighted by atomic mass is 16.2. The second-order valence-corrected chi connectivity index (χ2v) is 7.07. The van der Waals surface area contributed by atoms with E-state index in [-0.39, 0.29) is 18.4 Å². The standard InChI is InChI=1S/C24H22N2O2/c27-23-17-26(16-19-7-3-1-4-8-19)24(28)22(25-23)15-18-11-13-21(14-12-18)20-9-5-2-6-10-20/h1-14,22H,15-17H2,(H,25,27). The molecule has 140 valence electrons. The fourth-order valence-corrected chi connectivity index (χ4v) is 3.55. The second-order valence-electron chi connectivity index (χ2n) is 7.07. The van der Waals surface area contributed by atoms with Crippen LogP contribution in [0.5, 0.6) is 0 Å². The molecule has 1 N–H and O–H groups in total. The molecule has 4 rings (SSSR count). The summed E-state index contributed by atoms with van der Waals surface area (Å²) in [7, 11) is 0. The summed E-state index contributed by atoms with van der Waals surface area (Å²) in [6.07, 6.45) is 0.491. The molecular formula is C24H22N2O2. The highest BCUT2D eigenvalue weighted by Crippen LogP contribution is 2.20. The van der Waals surface area contributed by atoms with E-state index in [4.69, 9.17) is 0 Å². The lowest BCUT2D eigenvalue weighted by Crippen LogP contribution is -2.58. The van der Waals surface area contributed by atoms with Gasteiger partial charge in [-0.15, -0.1) is 0 Å². The fourth-order valence-electron chi connectivity index (χ4n) is 3.55. The molecule has 0 aliphatic carbocycles. The number of benzene rings is 3. The molecule has 2 amide bonds. The largest absolute Gasteiger partial charge is 0.342 e. The van der Waals surface area contributed by atoms with Crippen LogP contribution >= 0.6 is 0 Å². The smallest absolute Gasteiger partial charge is 0.246 e. The van der Waals surface area contributed by atoms with Crippen molar-refractivity contribution in [3.8, 4) is 11.1 Å². The molecule has 28 heavy (non-hydrogen) atoms. The third-order valence-corrected chi connectivity index (χ3v) is 5.00. The topological polar surface area (TPSA) is 49.4 Å². The Hall–Kier alpha value is -3.40. The molecule has 0 radical (unpaired) electrons. The molecule has 1 unspecified atom stereocenters. The average Bonchev–Trinajstić information content (AvgIpc) is 2.73. The number of hydrogen-bond acceptors (Lipinski definition) is 2. The molecule has 3 aromatic rings. The number of carbonyl (C=O) groups is 2. The maximum Gasteiger partial charge on any atom is 0.246 e. The van der Waals surface area contributed by atoms with E-state index in [1.807, 2.05) is 60.7 Å². The average molecular weight is 370 g/mol. The van der Waals surface area contributed by atoms with Crippen LogP contribution in [0.15, 0.2) is 84.9 Å². The SMILES string of the molecule is O=C1CN(Cc2ccccc2)C(=O)C(Cc2ccc(-c3ccccc3)cc2)N1. The van der Waals surface area contributed by atoms with Crippen molar-refractivity contribution < 1.29 is 9.59 Å². The summed E-state index contributed by atoms with van der Waals surface area (Å²) < 4.78 is 0. The van der Waals surface area contributed by atoms with Gasteiger partial charge in [-0.05, 0) is 22.3 Å². The molecule has 1 aliphatic heterocycles. The molecule has 4 heteroatoms. The highest BCUT2D eigenvalue weighted by molar-refractivity contribution is 5.95. The molecule has 1 heterocycles. The number of nitrogens with zero attached hydrogens (tertiary/aromatic N) is 1. The summed E-state index contributed by atoms with van der Waals surface area (Å²) in [5.74, 6) is -0.142. The summed E-state index contributed by atoms with van der Waals surface area (Å²) in [6, 6.07) is 27.6. The van der Waals surface area contributed by atoms with Crippen molar-refractivity contribution in [2.24, 2.45) is 0 Å². The van der Waals surface area contributed by atoms with Crippen molar-refractivity contribution in [2.75, 3.05) is 6.54 Å². The predicted molar refractivity (Wildman–Crippen MR) is 109 cm³/mol. The summed E-state index contributed by atoms with van der Waals surface area (Å²) in [4.78, 5) is 26.7. The van der Waals surface area contributed by atoms with Gasteiger partial charge in [-0.3, -0.25) is 9.59 Å². The molecule has 1 fully saturated rings. The van der Waals surface area contributed by atoms with Crippen LogP contribution in [0.3, 0.4) is 0 Å². The van der Waals surface area contributed by atoms with Gasteiger partial charge in [0, 0.05) is 13.0 Å². The maximum absolute atomic E-state index is 12.9. The highest BCUT2D eigenvalue weighted by Gasteiger charge is 2.32. The van der Waals surface area contributed by atoms with Crippen LogP contribution in [0.1, 0.15) is 11.1 Å². The number of amides is 2. The lowest BCUT2D eigenvalue weighted by molar-refractivity contribution is -0.144. The third-order valence-electron chi connectivity index (χ3n) is 5.00. The van der Waals surface area contributed by atoms with Crippen LogP contribution in [0.4, 0.5) is 0 Å². The zero-order valence-corrected chi connectivity index (χ0v) is 15.5. The first-order chi connectivity index (χ1) is 13.7. The van der Waals surface area contributed by atoms with Crippen molar-refractivity contribution in [1.82, 2.24) is 10.2 Å². The summed E-state index contributed by atoms with van der Waals surface area (Å²) in [5, 5.41) is 2.85. The normalized spacial score (nSPS) is 16.7. The van der Waals surface area contributed by atoms with Crippen LogP contribution in [-0.4, -0.2) is 29.3 Å². The van der Waals surface area contributed by atoms with Crippen molar-refractivity contribution in [2.45, 2.75) is 19.0 Å². The van der Waals surface area contributed by atoms with Gasteiger partial charge < -0.3 is 10.2 Å². The van der Waals surface area contributed by atoms with Crippen LogP contribution in [0, 0.1) is 0 Å². The van der Waals surface area contributed by atoms with E-state index in [1.165, 1.54) is 0 Å². The van der Waals surface area contributed by atoms with E-state index >= 15 is 0 Å². The Bertz CT molecular complexity index is 953. The van der Waals surface area contributed by atoms with Crippen LogP contribution < -0.4 is 5.32 Å². The molecule has 0 bridgehead atoms. The fraction of sp³-hybridized carbons (Fsp3) is 0.167. The summed E-state index contributed by atoms with van der Waals surface area (Å²) in [6.45, 7) is 0.563. The first kappa shape index (κ1) is 18.0. The van der Waals surface area contributed by atoms with E-state index < -0.39 is 6.04 Å². The Kier molecular flexibility index (Phi) is 5.20. The lowest BCUT2D eigenvalue weighted by Gasteiger charge is -2.32. The first-order valence-electron chi connectivity index (χ1n) is 9.45. The summed E-state index contributed by atoms with van der Waals surface area (Å²) in [5.41, 5.74) is 4.34. The van der Waals surface area contributed by atoms with E-state index in [1.54, 1.807) is 4.90 Å². The van der Waals surface area contributed by atoms with Crippen LogP contribution in [0.2, 0.25) is 0 Å². The van der Waals surface area contributed by atoms with Crippen molar-refractivity contribution in [1.29, 1.82) is 0 Å². The lowest BCUT2D eigenvalue weighted by atomic mass is 9.99. The quantitative estimate of drug-likeness (QED) is 0.748. The molecule has 1 atom stereocenters. The monoisotopic (exact) mass is 370 g/mol. The van der Waals surface area contributed by atoms with E-state index in [9.17, 15) is 9.59 Å². The van der Waals surface area contributed by atoms with Gasteiger partial charge >= 0.3 is 0 Å². The molecule has 0 aromatic heterocycles. The Labute approximate surface area is 164 Å². The maximum atomic E-state index is 12.9. The van der Waals surface area contributed by atoms with Gasteiger partial charge in [0.2, 0.25) is 11.8 Å². The van der Waals surface area contributed by atoms with Gasteiger partial charge in [-0.1, -0.05) is 84.9 Å². The zero-order valence-electron chi connectivity index (χ0n) is 15.5. The molecule has 3 aromatic carbocycles. The van der Waals surface area contributed by atoms with Crippen LogP contribution in [0.25, 0.3) is 11.1 Å². The Morgan fingerprint density at radius 1 is 0.750 bits per heavy atom. The van der Waals surface area contributed by atoms with Gasteiger partial charge in [-0.25, -0.2) is 0 Å².